The van der Waals surface area contributed by atoms with Crippen molar-refractivity contribution in [3.8, 4) is 0 Å². The fourth-order valence-corrected chi connectivity index (χ4v) is 3.02. The lowest BCUT2D eigenvalue weighted by molar-refractivity contribution is 0.452. The van der Waals surface area contributed by atoms with Crippen molar-refractivity contribution in [1.82, 2.24) is 0 Å². The predicted octanol–water partition coefficient (Wildman–Crippen LogP) is 3.29. The Morgan fingerprint density at radius 3 is 2.38 bits per heavy atom. The van der Waals surface area contributed by atoms with E-state index in [2.05, 4.69) is 4.90 Å². The summed E-state index contributed by atoms with van der Waals surface area (Å²) in [6.45, 7) is 1.41. The van der Waals surface area contributed by atoms with Crippen LogP contribution in [0.1, 0.15) is 17.9 Å². The van der Waals surface area contributed by atoms with Crippen LogP contribution in [0.4, 0.5) is 14.5 Å². The predicted molar refractivity (Wildman–Crippen MR) is 80.3 cm³/mol. The van der Waals surface area contributed by atoms with E-state index >= 15 is 0 Å². The van der Waals surface area contributed by atoms with E-state index in [1.165, 1.54) is 18.2 Å². The summed E-state index contributed by atoms with van der Waals surface area (Å²) in [5.74, 6) is -0.328. The first-order valence-corrected chi connectivity index (χ1v) is 7.13. The Labute approximate surface area is 123 Å². The summed E-state index contributed by atoms with van der Waals surface area (Å²) in [4.78, 5) is 2.08. The molecule has 2 atom stereocenters. The van der Waals surface area contributed by atoms with Crippen LogP contribution in [-0.2, 0) is 0 Å². The monoisotopic (exact) mass is 288 g/mol. The van der Waals surface area contributed by atoms with Crippen LogP contribution < -0.4 is 10.6 Å². The van der Waals surface area contributed by atoms with Crippen LogP contribution in [0.15, 0.2) is 48.5 Å². The Kier molecular flexibility index (Phi) is 3.88. The topological polar surface area (TPSA) is 29.3 Å². The minimum atomic E-state index is -0.256. The van der Waals surface area contributed by atoms with Gasteiger partial charge in [0, 0.05) is 30.7 Å². The summed E-state index contributed by atoms with van der Waals surface area (Å²) >= 11 is 0. The van der Waals surface area contributed by atoms with E-state index in [4.69, 9.17) is 5.73 Å². The molecule has 1 fully saturated rings. The van der Waals surface area contributed by atoms with Gasteiger partial charge < -0.3 is 10.6 Å². The minimum Gasteiger partial charge on any atom is -0.369 e. The molecule has 1 aliphatic rings. The molecule has 1 saturated heterocycles. The molecule has 2 aromatic carbocycles. The molecule has 2 nitrogen and oxygen atoms in total. The van der Waals surface area contributed by atoms with Crippen LogP contribution in [0.3, 0.4) is 0 Å². The molecule has 0 aliphatic carbocycles. The van der Waals surface area contributed by atoms with Crippen molar-refractivity contribution in [1.29, 1.82) is 0 Å². The van der Waals surface area contributed by atoms with Gasteiger partial charge in [-0.1, -0.05) is 18.2 Å². The Morgan fingerprint density at radius 1 is 0.952 bits per heavy atom. The van der Waals surface area contributed by atoms with Crippen molar-refractivity contribution in [2.45, 2.75) is 18.4 Å². The van der Waals surface area contributed by atoms with Crippen LogP contribution in [0.25, 0.3) is 0 Å². The number of benzene rings is 2. The molecule has 0 radical (unpaired) electrons. The third kappa shape index (κ3) is 3.22. The molecule has 0 amide bonds. The molecule has 0 spiro atoms. The van der Waals surface area contributed by atoms with E-state index in [-0.39, 0.29) is 23.6 Å². The molecule has 2 N–H and O–H groups in total. The molecular weight excluding hydrogens is 270 g/mol. The molecule has 4 heteroatoms. The lowest BCUT2D eigenvalue weighted by Crippen LogP contribution is -2.46. The van der Waals surface area contributed by atoms with E-state index in [0.717, 1.165) is 24.2 Å². The van der Waals surface area contributed by atoms with Crippen molar-refractivity contribution in [3.05, 3.63) is 65.7 Å². The van der Waals surface area contributed by atoms with Gasteiger partial charge in [-0.15, -0.1) is 0 Å². The maximum Gasteiger partial charge on any atom is 0.125 e. The largest absolute Gasteiger partial charge is 0.369 e. The lowest BCUT2D eigenvalue weighted by Gasteiger charge is -2.38. The average Bonchev–Trinajstić information content (AvgIpc) is 2.46. The summed E-state index contributed by atoms with van der Waals surface area (Å²) in [5, 5.41) is 0. The zero-order valence-electron chi connectivity index (χ0n) is 11.7. The number of nitrogens with zero attached hydrogens (tertiary/aromatic N) is 1. The highest BCUT2D eigenvalue weighted by Gasteiger charge is 2.26. The molecule has 110 valence electrons. The van der Waals surface area contributed by atoms with Gasteiger partial charge in [0.25, 0.3) is 0 Å². The zero-order chi connectivity index (χ0) is 14.8. The third-order valence-corrected chi connectivity index (χ3v) is 3.98. The quantitative estimate of drug-likeness (QED) is 0.919. The molecule has 1 heterocycles. The Bertz CT molecular complexity index is 576. The van der Waals surface area contributed by atoms with Crippen LogP contribution >= 0.6 is 0 Å². The number of halogens is 2. The van der Waals surface area contributed by atoms with Crippen molar-refractivity contribution in [2.24, 2.45) is 5.73 Å². The van der Waals surface area contributed by atoms with Crippen LogP contribution in [-0.4, -0.2) is 19.1 Å². The summed E-state index contributed by atoms with van der Waals surface area (Å²) in [6.07, 6.45) is 0.815. The number of hydrogen-bond acceptors (Lipinski definition) is 2. The molecule has 2 aromatic rings. The molecule has 21 heavy (non-hydrogen) atoms. The van der Waals surface area contributed by atoms with Gasteiger partial charge in [-0.3, -0.25) is 0 Å². The third-order valence-electron chi connectivity index (χ3n) is 3.98. The number of anilines is 1. The number of piperidine rings is 1. The molecular formula is C17H18F2N2. The van der Waals surface area contributed by atoms with Gasteiger partial charge in [-0.2, -0.15) is 0 Å². The number of rotatable bonds is 2. The molecule has 2 unspecified atom stereocenters. The molecule has 0 bridgehead atoms. The smallest absolute Gasteiger partial charge is 0.125 e. The minimum absolute atomic E-state index is 0.00437. The summed E-state index contributed by atoms with van der Waals surface area (Å²) in [5.41, 5.74) is 7.91. The van der Waals surface area contributed by atoms with Crippen molar-refractivity contribution < 1.29 is 8.78 Å². The van der Waals surface area contributed by atoms with E-state index < -0.39 is 0 Å². The second-order valence-electron chi connectivity index (χ2n) is 5.63. The first-order valence-electron chi connectivity index (χ1n) is 7.13. The fraction of sp³-hybridized carbons (Fsp3) is 0.294. The number of nitrogens with two attached hydrogens (primary N) is 1. The summed E-state index contributed by atoms with van der Waals surface area (Å²) in [6, 6.07) is 13.2. The lowest BCUT2D eigenvalue weighted by atomic mass is 9.88. The highest BCUT2D eigenvalue weighted by Crippen LogP contribution is 2.30. The standard InChI is InChI=1S/C17H18F2N2/c18-14-4-1-3-12(7-14)13-8-16(20)11-21(10-13)17-6-2-5-15(19)9-17/h1-7,9,13,16H,8,10-11,20H2. The van der Waals surface area contributed by atoms with Crippen molar-refractivity contribution in [3.63, 3.8) is 0 Å². The van der Waals surface area contributed by atoms with Gasteiger partial charge in [-0.25, -0.2) is 8.78 Å². The van der Waals surface area contributed by atoms with E-state index in [9.17, 15) is 8.78 Å². The van der Waals surface area contributed by atoms with Crippen LogP contribution in [0.5, 0.6) is 0 Å². The summed E-state index contributed by atoms with van der Waals surface area (Å²) in [7, 11) is 0. The normalized spacial score (nSPS) is 22.3. The maximum absolute atomic E-state index is 13.4. The van der Waals surface area contributed by atoms with Crippen LogP contribution in [0.2, 0.25) is 0 Å². The molecule has 0 saturated carbocycles. The molecule has 0 aromatic heterocycles. The van der Waals surface area contributed by atoms with E-state index in [0.29, 0.717) is 6.54 Å². The van der Waals surface area contributed by atoms with Gasteiger partial charge in [0.2, 0.25) is 0 Å². The average molecular weight is 288 g/mol. The van der Waals surface area contributed by atoms with Gasteiger partial charge in [0.15, 0.2) is 0 Å². The van der Waals surface area contributed by atoms with Gasteiger partial charge >= 0.3 is 0 Å². The second-order valence-corrected chi connectivity index (χ2v) is 5.63. The summed E-state index contributed by atoms with van der Waals surface area (Å²) < 4.78 is 26.8. The highest BCUT2D eigenvalue weighted by atomic mass is 19.1. The Hall–Kier alpha value is -1.94. The number of hydrogen-bond donors (Lipinski definition) is 1. The van der Waals surface area contributed by atoms with Crippen LogP contribution in [0, 0.1) is 11.6 Å². The molecule has 1 aliphatic heterocycles. The Balaban J connectivity index is 1.85. The van der Waals surface area contributed by atoms with E-state index in [1.807, 2.05) is 12.1 Å². The van der Waals surface area contributed by atoms with Crippen molar-refractivity contribution >= 4 is 5.69 Å². The zero-order valence-corrected chi connectivity index (χ0v) is 11.7. The first-order chi connectivity index (χ1) is 10.1. The SMILES string of the molecule is NC1CC(c2cccc(F)c2)CN(c2cccc(F)c2)C1. The maximum atomic E-state index is 13.4. The highest BCUT2D eigenvalue weighted by molar-refractivity contribution is 5.48. The molecule has 3 rings (SSSR count). The van der Waals surface area contributed by atoms with Gasteiger partial charge in [0.05, 0.1) is 0 Å². The van der Waals surface area contributed by atoms with Gasteiger partial charge in [-0.05, 0) is 42.3 Å². The second kappa shape index (κ2) is 5.82. The first kappa shape index (κ1) is 14.0. The van der Waals surface area contributed by atoms with E-state index in [1.54, 1.807) is 18.2 Å². The fourth-order valence-electron chi connectivity index (χ4n) is 3.02. The van der Waals surface area contributed by atoms with Crippen molar-refractivity contribution in [2.75, 3.05) is 18.0 Å². The van der Waals surface area contributed by atoms with Gasteiger partial charge in [0.1, 0.15) is 11.6 Å². The Morgan fingerprint density at radius 2 is 1.67 bits per heavy atom.